The van der Waals surface area contributed by atoms with Crippen molar-refractivity contribution in [3.05, 3.63) is 41.5 Å². The number of hydrogen-bond acceptors (Lipinski definition) is 5. The zero-order chi connectivity index (χ0) is 17.8. The van der Waals surface area contributed by atoms with Gasteiger partial charge in [-0.25, -0.2) is 4.39 Å². The summed E-state index contributed by atoms with van der Waals surface area (Å²) >= 11 is 0. The SMILES string of the molecule is Cc1nc(N2CCN(C(=O)CNC(=O)c3ccc(F)cc3)CC2)n[nH]1. The summed E-state index contributed by atoms with van der Waals surface area (Å²) in [6.45, 7) is 4.09. The lowest BCUT2D eigenvalue weighted by atomic mass is 10.2. The van der Waals surface area contributed by atoms with Crippen molar-refractivity contribution in [3.8, 4) is 0 Å². The summed E-state index contributed by atoms with van der Waals surface area (Å²) < 4.78 is 12.9. The number of aryl methyl sites for hydroxylation is 1. The molecule has 0 radical (unpaired) electrons. The maximum Gasteiger partial charge on any atom is 0.251 e. The minimum atomic E-state index is -0.410. The molecular weight excluding hydrogens is 327 g/mol. The van der Waals surface area contributed by atoms with Gasteiger partial charge in [-0.15, -0.1) is 5.10 Å². The Morgan fingerprint density at radius 3 is 2.48 bits per heavy atom. The molecule has 1 aromatic carbocycles. The number of rotatable bonds is 4. The predicted octanol–water partition coefficient (Wildman–Crippen LogP) is 0.331. The molecule has 25 heavy (non-hydrogen) atoms. The number of benzene rings is 1. The highest BCUT2D eigenvalue weighted by atomic mass is 19.1. The second-order valence-corrected chi connectivity index (χ2v) is 5.78. The van der Waals surface area contributed by atoms with E-state index >= 15 is 0 Å². The van der Waals surface area contributed by atoms with Gasteiger partial charge in [-0.3, -0.25) is 14.7 Å². The molecular formula is C16H19FN6O2. The first-order valence-corrected chi connectivity index (χ1v) is 7.98. The Morgan fingerprint density at radius 1 is 1.20 bits per heavy atom. The summed E-state index contributed by atoms with van der Waals surface area (Å²) in [6, 6.07) is 5.18. The summed E-state index contributed by atoms with van der Waals surface area (Å²) in [5.41, 5.74) is 0.319. The number of anilines is 1. The van der Waals surface area contributed by atoms with Crippen molar-refractivity contribution in [3.63, 3.8) is 0 Å². The lowest BCUT2D eigenvalue weighted by Crippen LogP contribution is -2.51. The highest BCUT2D eigenvalue weighted by molar-refractivity contribution is 5.96. The Kier molecular flexibility index (Phi) is 4.92. The van der Waals surface area contributed by atoms with Crippen LogP contribution in [0.25, 0.3) is 0 Å². The van der Waals surface area contributed by atoms with Gasteiger partial charge >= 0.3 is 0 Å². The van der Waals surface area contributed by atoms with Gasteiger partial charge in [0, 0.05) is 31.7 Å². The van der Waals surface area contributed by atoms with Gasteiger partial charge in [0.05, 0.1) is 6.54 Å². The van der Waals surface area contributed by atoms with Crippen LogP contribution < -0.4 is 10.2 Å². The van der Waals surface area contributed by atoms with E-state index in [4.69, 9.17) is 0 Å². The van der Waals surface area contributed by atoms with Crippen molar-refractivity contribution in [2.24, 2.45) is 0 Å². The van der Waals surface area contributed by atoms with Crippen molar-refractivity contribution in [2.75, 3.05) is 37.6 Å². The smallest absolute Gasteiger partial charge is 0.251 e. The topological polar surface area (TPSA) is 94.2 Å². The van der Waals surface area contributed by atoms with Crippen LogP contribution in [0.15, 0.2) is 24.3 Å². The number of nitrogens with zero attached hydrogens (tertiary/aromatic N) is 4. The molecule has 1 saturated heterocycles. The Bertz CT molecular complexity index is 752. The van der Waals surface area contributed by atoms with Crippen LogP contribution >= 0.6 is 0 Å². The average molecular weight is 346 g/mol. The summed E-state index contributed by atoms with van der Waals surface area (Å²) in [4.78, 5) is 32.2. The Morgan fingerprint density at radius 2 is 1.88 bits per heavy atom. The first kappa shape index (κ1) is 16.9. The second kappa shape index (κ2) is 7.29. The normalized spacial score (nSPS) is 14.5. The van der Waals surface area contributed by atoms with Crippen molar-refractivity contribution < 1.29 is 14.0 Å². The van der Waals surface area contributed by atoms with E-state index in [9.17, 15) is 14.0 Å². The fourth-order valence-corrected chi connectivity index (χ4v) is 2.60. The predicted molar refractivity (Wildman–Crippen MR) is 88.6 cm³/mol. The molecule has 2 amide bonds. The van der Waals surface area contributed by atoms with Gasteiger partial charge in [0.2, 0.25) is 11.9 Å². The molecule has 8 nitrogen and oxygen atoms in total. The number of halogens is 1. The van der Waals surface area contributed by atoms with Crippen LogP contribution in [0, 0.1) is 12.7 Å². The van der Waals surface area contributed by atoms with Crippen LogP contribution in [0.1, 0.15) is 16.2 Å². The molecule has 1 aliphatic rings. The molecule has 2 aromatic rings. The zero-order valence-electron chi connectivity index (χ0n) is 13.8. The summed E-state index contributed by atoms with van der Waals surface area (Å²) in [6.07, 6.45) is 0. The van der Waals surface area contributed by atoms with Gasteiger partial charge < -0.3 is 15.1 Å². The van der Waals surface area contributed by atoms with Crippen LogP contribution in [0.5, 0.6) is 0 Å². The molecule has 3 rings (SSSR count). The minimum Gasteiger partial charge on any atom is -0.343 e. The number of amides is 2. The van der Waals surface area contributed by atoms with Crippen molar-refractivity contribution >= 4 is 17.8 Å². The highest BCUT2D eigenvalue weighted by Crippen LogP contribution is 2.10. The van der Waals surface area contributed by atoms with E-state index in [1.165, 1.54) is 24.3 Å². The van der Waals surface area contributed by atoms with Crippen molar-refractivity contribution in [1.82, 2.24) is 25.4 Å². The van der Waals surface area contributed by atoms with E-state index in [0.29, 0.717) is 37.7 Å². The van der Waals surface area contributed by atoms with Crippen molar-refractivity contribution in [2.45, 2.75) is 6.92 Å². The molecule has 0 spiro atoms. The fourth-order valence-electron chi connectivity index (χ4n) is 2.60. The van der Waals surface area contributed by atoms with Crippen molar-refractivity contribution in [1.29, 1.82) is 0 Å². The number of carbonyl (C=O) groups is 2. The number of hydrogen-bond donors (Lipinski definition) is 2. The lowest BCUT2D eigenvalue weighted by molar-refractivity contribution is -0.130. The first-order valence-electron chi connectivity index (χ1n) is 7.98. The van der Waals surface area contributed by atoms with Gasteiger partial charge in [0.1, 0.15) is 11.6 Å². The largest absolute Gasteiger partial charge is 0.343 e. The van der Waals surface area contributed by atoms with Gasteiger partial charge in [0.15, 0.2) is 0 Å². The summed E-state index contributed by atoms with van der Waals surface area (Å²) in [5.74, 6) is 0.419. The number of carbonyl (C=O) groups excluding carboxylic acids is 2. The quantitative estimate of drug-likeness (QED) is 0.832. The number of H-pyrrole nitrogens is 1. The van der Waals surface area contributed by atoms with Gasteiger partial charge in [0.25, 0.3) is 5.91 Å². The number of aromatic nitrogens is 3. The van der Waals surface area contributed by atoms with Crippen LogP contribution in [0.2, 0.25) is 0 Å². The molecule has 2 heterocycles. The van der Waals surface area contributed by atoms with E-state index < -0.39 is 11.7 Å². The maximum atomic E-state index is 12.9. The average Bonchev–Trinajstić information content (AvgIpc) is 3.06. The number of piperazine rings is 1. The Hall–Kier alpha value is -2.97. The van der Waals surface area contributed by atoms with E-state index in [0.717, 1.165) is 5.82 Å². The molecule has 0 bridgehead atoms. The molecule has 132 valence electrons. The number of aromatic amines is 1. The third-order valence-corrected chi connectivity index (χ3v) is 4.01. The molecule has 1 aromatic heterocycles. The number of nitrogens with one attached hydrogen (secondary N) is 2. The lowest BCUT2D eigenvalue weighted by Gasteiger charge is -2.34. The van der Waals surface area contributed by atoms with E-state index in [2.05, 4.69) is 20.5 Å². The van der Waals surface area contributed by atoms with Crippen LogP contribution in [0.3, 0.4) is 0 Å². The minimum absolute atomic E-state index is 0.0873. The molecule has 0 saturated carbocycles. The third-order valence-electron chi connectivity index (χ3n) is 4.01. The first-order chi connectivity index (χ1) is 12.0. The molecule has 0 unspecified atom stereocenters. The van der Waals surface area contributed by atoms with Crippen LogP contribution in [-0.4, -0.2) is 64.6 Å². The molecule has 0 aliphatic carbocycles. The molecule has 1 fully saturated rings. The van der Waals surface area contributed by atoms with Gasteiger partial charge in [-0.05, 0) is 31.2 Å². The highest BCUT2D eigenvalue weighted by Gasteiger charge is 2.23. The second-order valence-electron chi connectivity index (χ2n) is 5.78. The van der Waals surface area contributed by atoms with Gasteiger partial charge in [-0.2, -0.15) is 4.98 Å². The summed E-state index contributed by atoms with van der Waals surface area (Å²) in [7, 11) is 0. The van der Waals surface area contributed by atoms with Crippen LogP contribution in [0.4, 0.5) is 10.3 Å². The third kappa shape index (κ3) is 4.11. The van der Waals surface area contributed by atoms with Crippen LogP contribution in [-0.2, 0) is 4.79 Å². The zero-order valence-corrected chi connectivity index (χ0v) is 13.8. The standard InChI is InChI=1S/C16H19FN6O2/c1-11-19-16(21-20-11)23-8-6-22(7-9-23)14(24)10-18-15(25)12-2-4-13(17)5-3-12/h2-5H,6-10H2,1H3,(H,18,25)(H,19,20,21). The Balaban J connectivity index is 1.46. The Labute approximate surface area is 144 Å². The molecule has 1 aliphatic heterocycles. The molecule has 0 atom stereocenters. The van der Waals surface area contributed by atoms with E-state index in [1.807, 2.05) is 11.8 Å². The molecule has 9 heteroatoms. The monoisotopic (exact) mass is 346 g/mol. The van der Waals surface area contributed by atoms with Gasteiger partial charge in [-0.1, -0.05) is 0 Å². The maximum absolute atomic E-state index is 12.9. The summed E-state index contributed by atoms with van der Waals surface area (Å²) in [5, 5.41) is 9.47. The van der Waals surface area contributed by atoms with E-state index in [-0.39, 0.29) is 12.5 Å². The van der Waals surface area contributed by atoms with E-state index in [1.54, 1.807) is 4.90 Å². The molecule has 2 N–H and O–H groups in total. The fraction of sp³-hybridized carbons (Fsp3) is 0.375.